The topological polar surface area (TPSA) is 512 Å². The maximum Gasteiger partial charge on any atom is 0.326 e. The lowest BCUT2D eigenvalue weighted by Crippen LogP contribution is -2.49. The second kappa shape index (κ2) is 56.0. The fourth-order valence-corrected chi connectivity index (χ4v) is 13.3. The van der Waals surface area contributed by atoms with Crippen LogP contribution in [0, 0.1) is 6.57 Å². The molecule has 4 heterocycles. The molecule has 9 amide bonds. The molecule has 40 nitrogen and oxygen atoms in total. The van der Waals surface area contributed by atoms with Gasteiger partial charge in [0.15, 0.2) is 0 Å². The number of amides is 9. The van der Waals surface area contributed by atoms with Gasteiger partial charge < -0.3 is 86.6 Å². The van der Waals surface area contributed by atoms with Crippen molar-refractivity contribution >= 4 is 104 Å². The third-order valence-corrected chi connectivity index (χ3v) is 20.0. The number of urea groups is 1. The van der Waals surface area contributed by atoms with E-state index >= 15 is 0 Å². The van der Waals surface area contributed by atoms with E-state index in [1.807, 2.05) is 24.3 Å². The van der Waals surface area contributed by atoms with Crippen LogP contribution in [0.4, 0.5) is 4.79 Å². The molecule has 120 heavy (non-hydrogen) atoms. The first-order valence-corrected chi connectivity index (χ1v) is 41.3. The summed E-state index contributed by atoms with van der Waals surface area (Å²) in [7, 11) is 0. The molecule has 12 N–H and O–H groups in total. The van der Waals surface area contributed by atoms with E-state index in [0.717, 1.165) is 16.5 Å². The van der Waals surface area contributed by atoms with E-state index in [1.54, 1.807) is 59.6 Å². The number of hydrogen-bond donors (Lipinski definition) is 12. The van der Waals surface area contributed by atoms with Gasteiger partial charge in [-0.25, -0.2) is 20.8 Å². The number of unbranched alkanes of at least 4 members (excludes halogenated alkanes) is 4. The van der Waals surface area contributed by atoms with Crippen molar-refractivity contribution in [3.8, 4) is 5.75 Å². The van der Waals surface area contributed by atoms with Crippen LogP contribution in [-0.4, -0.2) is 341 Å². The average molecular weight is 1750 g/mol. The van der Waals surface area contributed by atoms with Crippen LogP contribution >= 0.6 is 15.9 Å². The molecule has 2 aliphatic rings. The monoisotopic (exact) mass is 1750 g/mol. The SMILES string of the molecule is [C-]#[N+][C@@H]1CCCN1C(=O)CNC(=O)c1ccnc2ccc(OCCCNC(=O)CCc3cn(CCOCCOCCOCCC(=O)N[C@@H](CCCCNC(=O)CN4CCN(CC(=O)O)CCN(CC(=O)O)CCN(CC(=O)O)CC4)C(=O)NCCCCC(=O)N(CCCCCNC(=O)N[C@@H](CCC(=O)O)C(=O)O)Cc4ccc(Br)cc4)nn3)cc12. The van der Waals surface area contributed by atoms with E-state index in [1.165, 1.54) is 11.1 Å². The molecule has 0 aliphatic carbocycles. The van der Waals surface area contributed by atoms with Crippen molar-refractivity contribution in [3.63, 3.8) is 0 Å². The maximum atomic E-state index is 13.9. The van der Waals surface area contributed by atoms with Gasteiger partial charge >= 0.3 is 42.0 Å². The van der Waals surface area contributed by atoms with E-state index in [9.17, 15) is 82.8 Å². The zero-order valence-electron chi connectivity index (χ0n) is 67.8. The number of carbonyl (C=O) groups excluding carboxylic acids is 8. The van der Waals surface area contributed by atoms with E-state index in [0.29, 0.717) is 131 Å². The predicted octanol–water partition coefficient (Wildman–Crippen LogP) is 1.49. The highest BCUT2D eigenvalue weighted by atomic mass is 79.9. The standard InChI is InChI=1S/C79H115BrN18O22/c1-81-66-12-9-32-98(66)71(103)50-87-76(112)61-24-30-82-63-20-19-60(49-62(61)63)120-42-10-29-83-67(99)22-18-59-52-97(91-90-59)41-44-118-46-48-119-47-45-117-43-25-68(100)88-64(11-3-6-26-84-69(101)53-92-33-35-93(54-73(106)107)37-39-95(56-75(110)111)40-38-94(36-34-92)55-74(108)109)77(113)85-27-7-4-13-70(102)96(51-57-14-16-58(80)17-15-57)31-8-2-5-28-86-79(116)89-65(78(114)115)21-23-72(104)105/h14-17,19-20,24,30,49,52,64-66H,2-13,18,21-23,25-29,31-48,50-51,53-56H2,(H,83,99)(H,84,101)(H,85,113)(H,87,112)(H,88,100)(H,104,105)(H,106,107)(H,108,109)(H,110,111)(H,114,115)(H2,86,89,116)/t64-,65-,66-/m0/s1. The Hall–Kier alpha value is -10.6. The third kappa shape index (κ3) is 40.4. The van der Waals surface area contributed by atoms with Gasteiger partial charge in [-0.15, -0.1) is 5.10 Å². The van der Waals surface area contributed by atoms with Gasteiger partial charge in [0.25, 0.3) is 5.91 Å². The largest absolute Gasteiger partial charge is 0.494 e. The molecule has 41 heteroatoms. The van der Waals surface area contributed by atoms with Crippen LogP contribution in [0.3, 0.4) is 0 Å². The first-order valence-electron chi connectivity index (χ1n) is 40.6. The van der Waals surface area contributed by atoms with Crippen molar-refractivity contribution in [2.75, 3.05) is 171 Å². The van der Waals surface area contributed by atoms with Gasteiger partial charge in [0.2, 0.25) is 35.4 Å². The molecule has 0 radical (unpaired) electrons. The van der Waals surface area contributed by atoms with Gasteiger partial charge in [-0.1, -0.05) is 33.3 Å². The fraction of sp³-hybridized carbons (Fsp3) is 0.608. The summed E-state index contributed by atoms with van der Waals surface area (Å²) in [5.41, 5.74) is 2.42. The number of hydrogen-bond acceptors (Lipinski definition) is 24. The molecule has 2 fully saturated rings. The number of nitrogens with one attached hydrogen (secondary N) is 7. The summed E-state index contributed by atoms with van der Waals surface area (Å²) in [4.78, 5) is 181. The Bertz CT molecular complexity index is 3960. The molecule has 2 saturated heterocycles. The number of halogens is 1. The van der Waals surface area contributed by atoms with E-state index in [-0.39, 0.29) is 200 Å². The Morgan fingerprint density at radius 1 is 0.567 bits per heavy atom. The molecule has 0 unspecified atom stereocenters. The minimum absolute atomic E-state index is 0.0153. The molecule has 2 aromatic carbocycles. The summed E-state index contributed by atoms with van der Waals surface area (Å²) in [5, 5.41) is 75.0. The molecule has 4 aromatic rings. The van der Waals surface area contributed by atoms with Crippen LogP contribution in [0.5, 0.6) is 5.75 Å². The number of carboxylic acids is 5. The molecule has 0 saturated carbocycles. The number of aryl methyl sites for hydroxylation is 1. The molecule has 0 bridgehead atoms. The number of carboxylic acid groups (broad SMARTS) is 5. The number of ether oxygens (including phenoxy) is 4. The lowest BCUT2D eigenvalue weighted by atomic mass is 10.1. The van der Waals surface area contributed by atoms with Crippen molar-refractivity contribution in [1.82, 2.24) is 86.6 Å². The maximum absolute atomic E-state index is 13.9. The molecule has 660 valence electrons. The quantitative estimate of drug-likeness (QED) is 0.0220. The van der Waals surface area contributed by atoms with Crippen LogP contribution in [0.1, 0.15) is 124 Å². The molecular weight excluding hydrogens is 1630 g/mol. The van der Waals surface area contributed by atoms with Crippen LogP contribution in [0.25, 0.3) is 15.7 Å². The molecule has 6 rings (SSSR count). The number of rotatable bonds is 56. The minimum Gasteiger partial charge on any atom is -0.494 e. The zero-order valence-corrected chi connectivity index (χ0v) is 69.4. The highest BCUT2D eigenvalue weighted by molar-refractivity contribution is 9.10. The van der Waals surface area contributed by atoms with Gasteiger partial charge in [0.05, 0.1) is 102 Å². The fourth-order valence-electron chi connectivity index (χ4n) is 13.0. The van der Waals surface area contributed by atoms with Crippen molar-refractivity contribution in [1.29, 1.82) is 0 Å². The van der Waals surface area contributed by atoms with E-state index in [2.05, 4.69) is 73.3 Å². The van der Waals surface area contributed by atoms with Crippen LogP contribution in [-0.2, 0) is 86.5 Å². The lowest BCUT2D eigenvalue weighted by molar-refractivity contribution is -0.141. The number of likely N-dealkylation sites (tertiary alicyclic amines) is 1. The number of benzene rings is 2. The van der Waals surface area contributed by atoms with E-state index in [4.69, 9.17) is 30.6 Å². The van der Waals surface area contributed by atoms with Crippen molar-refractivity contribution in [3.05, 3.63) is 93.6 Å². The van der Waals surface area contributed by atoms with Crippen LogP contribution in [0.15, 0.2) is 65.4 Å². The van der Waals surface area contributed by atoms with Gasteiger partial charge in [-0.05, 0) is 113 Å². The first kappa shape index (κ1) is 98.2. The Kier molecular flexibility index (Phi) is 45.8. The predicted molar refractivity (Wildman–Crippen MR) is 437 cm³/mol. The van der Waals surface area contributed by atoms with E-state index < -0.39 is 78.3 Å². The van der Waals surface area contributed by atoms with Crippen LogP contribution < -0.4 is 42.0 Å². The Morgan fingerprint density at radius 3 is 1.82 bits per heavy atom. The van der Waals surface area contributed by atoms with Gasteiger partial charge in [-0.2, -0.15) is 0 Å². The highest BCUT2D eigenvalue weighted by Gasteiger charge is 2.33. The summed E-state index contributed by atoms with van der Waals surface area (Å²) in [5.74, 6) is -7.58. The molecule has 3 atom stereocenters. The Labute approximate surface area is 704 Å². The summed E-state index contributed by atoms with van der Waals surface area (Å²) in [6, 6.07) is 11.2. The summed E-state index contributed by atoms with van der Waals surface area (Å²) >= 11 is 3.45. The number of fused-ring (bicyclic) bond motifs is 1. The Morgan fingerprint density at radius 2 is 1.18 bits per heavy atom. The van der Waals surface area contributed by atoms with Crippen molar-refractivity contribution in [2.24, 2.45) is 0 Å². The number of carbonyl (C=O) groups is 13. The molecule has 0 spiro atoms. The average Bonchev–Trinajstić information content (AvgIpc) is 1.00. The third-order valence-electron chi connectivity index (χ3n) is 19.5. The number of nitrogens with zero attached hydrogens (tertiary/aromatic N) is 11. The molecule has 2 aliphatic heterocycles. The summed E-state index contributed by atoms with van der Waals surface area (Å²) in [6.45, 7) is 12.0. The van der Waals surface area contributed by atoms with Gasteiger partial charge in [-0.3, -0.25) is 87.1 Å². The van der Waals surface area contributed by atoms with Crippen LogP contribution in [0.2, 0.25) is 0 Å². The lowest BCUT2D eigenvalue weighted by Gasteiger charge is -2.32. The normalized spacial score (nSPS) is 14.9. The van der Waals surface area contributed by atoms with Crippen molar-refractivity contribution in [2.45, 2.75) is 140 Å². The number of aliphatic carboxylic acids is 5. The summed E-state index contributed by atoms with van der Waals surface area (Å²) in [6.07, 6.45) is 8.08. The number of pyridine rings is 1. The first-order chi connectivity index (χ1) is 57.8. The second-order valence-corrected chi connectivity index (χ2v) is 29.8. The number of aromatic nitrogens is 4. The molecule has 2 aromatic heterocycles. The second-order valence-electron chi connectivity index (χ2n) is 28.9. The zero-order chi connectivity index (χ0) is 86.8. The minimum atomic E-state index is -1.37. The molecular formula is C79H115BrN18O22. The summed E-state index contributed by atoms with van der Waals surface area (Å²) < 4.78 is 25.5. The Balaban J connectivity index is 0.891. The van der Waals surface area contributed by atoms with Gasteiger partial charge in [0.1, 0.15) is 17.8 Å². The van der Waals surface area contributed by atoms with Crippen molar-refractivity contribution < 1.29 is 107 Å². The highest BCUT2D eigenvalue weighted by Crippen LogP contribution is 2.24. The smallest absolute Gasteiger partial charge is 0.326 e. The van der Waals surface area contributed by atoms with Gasteiger partial charge in [0, 0.05) is 159 Å².